The first-order chi connectivity index (χ1) is 10.9. The van der Waals surface area contributed by atoms with Crippen LogP contribution in [-0.2, 0) is 0 Å². The van der Waals surface area contributed by atoms with Gasteiger partial charge in [-0.1, -0.05) is 74.4 Å². The fourth-order valence-corrected chi connectivity index (χ4v) is 2.08. The number of hydrogen-bond acceptors (Lipinski definition) is 0. The van der Waals surface area contributed by atoms with Crippen LogP contribution in [0, 0.1) is 0 Å². The van der Waals surface area contributed by atoms with Crippen LogP contribution in [0.15, 0.2) is 61.3 Å². The highest BCUT2D eigenvalue weighted by atomic mass is 13.9. The van der Waals surface area contributed by atoms with E-state index in [4.69, 9.17) is 0 Å². The van der Waals surface area contributed by atoms with Crippen molar-refractivity contribution < 1.29 is 0 Å². The van der Waals surface area contributed by atoms with Crippen LogP contribution in [0.4, 0.5) is 0 Å². The SMILES string of the molecule is C=CCCCC/C=C/C=C/CCC/C=C/C/C=C/CCCC. The molecule has 0 aliphatic carbocycles. The molecule has 0 aromatic rings. The molecule has 0 nitrogen and oxygen atoms in total. The molecule has 0 amide bonds. The van der Waals surface area contributed by atoms with Crippen molar-refractivity contribution in [3.05, 3.63) is 61.3 Å². The molecule has 0 aromatic carbocycles. The molecule has 0 saturated heterocycles. The van der Waals surface area contributed by atoms with Gasteiger partial charge >= 0.3 is 0 Å². The van der Waals surface area contributed by atoms with Crippen LogP contribution in [0.1, 0.15) is 77.6 Å². The molecule has 0 fully saturated rings. The van der Waals surface area contributed by atoms with Gasteiger partial charge < -0.3 is 0 Å². The van der Waals surface area contributed by atoms with Crippen LogP contribution in [0.3, 0.4) is 0 Å². The fourth-order valence-electron chi connectivity index (χ4n) is 2.08. The largest absolute Gasteiger partial charge is 0.103 e. The second-order valence-electron chi connectivity index (χ2n) is 5.68. The summed E-state index contributed by atoms with van der Waals surface area (Å²) in [5.41, 5.74) is 0. The van der Waals surface area contributed by atoms with Gasteiger partial charge in [-0.15, -0.1) is 6.58 Å². The van der Waals surface area contributed by atoms with E-state index in [1.165, 1.54) is 57.8 Å². The zero-order valence-corrected chi connectivity index (χ0v) is 14.7. The van der Waals surface area contributed by atoms with E-state index >= 15 is 0 Å². The van der Waals surface area contributed by atoms with Gasteiger partial charge in [-0.25, -0.2) is 0 Å². The van der Waals surface area contributed by atoms with Crippen molar-refractivity contribution in [1.82, 2.24) is 0 Å². The highest BCUT2D eigenvalue weighted by Crippen LogP contribution is 2.02. The van der Waals surface area contributed by atoms with Gasteiger partial charge in [0, 0.05) is 0 Å². The third kappa shape index (κ3) is 18.7. The lowest BCUT2D eigenvalue weighted by Gasteiger charge is -1.91. The third-order valence-corrected chi connectivity index (χ3v) is 3.48. The molecule has 0 unspecified atom stereocenters. The van der Waals surface area contributed by atoms with E-state index in [0.717, 1.165) is 12.8 Å². The average Bonchev–Trinajstić information content (AvgIpc) is 2.54. The highest BCUT2D eigenvalue weighted by Gasteiger charge is 1.82. The van der Waals surface area contributed by atoms with E-state index in [1.807, 2.05) is 6.08 Å². The van der Waals surface area contributed by atoms with Crippen LogP contribution in [0.5, 0.6) is 0 Å². The van der Waals surface area contributed by atoms with Crippen molar-refractivity contribution in [2.24, 2.45) is 0 Å². The van der Waals surface area contributed by atoms with Crippen LogP contribution in [0.25, 0.3) is 0 Å². The summed E-state index contributed by atoms with van der Waals surface area (Å²) in [6.45, 7) is 5.98. The molecule has 0 bridgehead atoms. The van der Waals surface area contributed by atoms with Crippen LogP contribution >= 0.6 is 0 Å². The molecule has 0 heterocycles. The molecule has 0 rings (SSSR count). The van der Waals surface area contributed by atoms with E-state index in [9.17, 15) is 0 Å². The van der Waals surface area contributed by atoms with Crippen LogP contribution in [0.2, 0.25) is 0 Å². The van der Waals surface area contributed by atoms with E-state index < -0.39 is 0 Å². The van der Waals surface area contributed by atoms with Gasteiger partial charge in [-0.2, -0.15) is 0 Å². The summed E-state index contributed by atoms with van der Waals surface area (Å²) in [5.74, 6) is 0. The number of rotatable bonds is 15. The lowest BCUT2D eigenvalue weighted by Crippen LogP contribution is -1.71. The molecule has 22 heavy (non-hydrogen) atoms. The minimum absolute atomic E-state index is 1.09. The second-order valence-corrected chi connectivity index (χ2v) is 5.68. The zero-order valence-electron chi connectivity index (χ0n) is 14.7. The Bertz CT molecular complexity index is 328. The average molecular weight is 301 g/mol. The fraction of sp³-hybridized carbons (Fsp3) is 0.545. The standard InChI is InChI=1S/C22H36/c1-3-5-7-9-11-13-15-17-19-21-22-20-18-16-14-12-10-8-6-4-2/h3,10,12-13,15-19H,1,4-9,11,14,20-22H2,2H3/b12-10+,15-13+,18-16+,19-17+. The predicted molar refractivity (Wildman–Crippen MR) is 103 cm³/mol. The van der Waals surface area contributed by atoms with Crippen molar-refractivity contribution in [3.8, 4) is 0 Å². The van der Waals surface area contributed by atoms with E-state index in [-0.39, 0.29) is 0 Å². The van der Waals surface area contributed by atoms with Gasteiger partial charge in [-0.05, 0) is 57.8 Å². The lowest BCUT2D eigenvalue weighted by atomic mass is 10.2. The quantitative estimate of drug-likeness (QED) is 0.165. The summed E-state index contributed by atoms with van der Waals surface area (Å²) in [7, 11) is 0. The Kier molecular flexibility index (Phi) is 18.5. The topological polar surface area (TPSA) is 0 Å². The van der Waals surface area contributed by atoms with Gasteiger partial charge in [0.1, 0.15) is 0 Å². The van der Waals surface area contributed by atoms with Gasteiger partial charge in [0.2, 0.25) is 0 Å². The maximum absolute atomic E-state index is 3.74. The minimum Gasteiger partial charge on any atom is -0.103 e. The van der Waals surface area contributed by atoms with Crippen molar-refractivity contribution in [2.75, 3.05) is 0 Å². The van der Waals surface area contributed by atoms with Gasteiger partial charge in [-0.3, -0.25) is 0 Å². The Morgan fingerprint density at radius 1 is 0.591 bits per heavy atom. The first-order valence-corrected chi connectivity index (χ1v) is 9.14. The minimum atomic E-state index is 1.09. The number of unbranched alkanes of at least 4 members (excludes halogenated alkanes) is 7. The van der Waals surface area contributed by atoms with Crippen LogP contribution in [-0.4, -0.2) is 0 Å². The number of hydrogen-bond donors (Lipinski definition) is 0. The van der Waals surface area contributed by atoms with E-state index in [1.54, 1.807) is 0 Å². The maximum Gasteiger partial charge on any atom is -0.0169 e. The molecular weight excluding hydrogens is 264 g/mol. The van der Waals surface area contributed by atoms with Gasteiger partial charge in [0.25, 0.3) is 0 Å². The molecule has 0 heteroatoms. The molecule has 0 saturated carbocycles. The molecule has 0 radical (unpaired) electrons. The summed E-state index contributed by atoms with van der Waals surface area (Å²) in [6, 6.07) is 0. The Morgan fingerprint density at radius 3 is 1.77 bits per heavy atom. The van der Waals surface area contributed by atoms with Crippen molar-refractivity contribution in [2.45, 2.75) is 77.6 Å². The third-order valence-electron chi connectivity index (χ3n) is 3.48. The number of allylic oxidation sites excluding steroid dienone is 9. The lowest BCUT2D eigenvalue weighted by molar-refractivity contribution is 0.763. The molecule has 124 valence electrons. The molecule has 0 spiro atoms. The van der Waals surface area contributed by atoms with Crippen molar-refractivity contribution in [3.63, 3.8) is 0 Å². The predicted octanol–water partition coefficient (Wildman–Crippen LogP) is 7.71. The summed E-state index contributed by atoms with van der Waals surface area (Å²) in [4.78, 5) is 0. The summed E-state index contributed by atoms with van der Waals surface area (Å²) in [5, 5.41) is 0. The zero-order chi connectivity index (χ0) is 16.1. The van der Waals surface area contributed by atoms with Crippen LogP contribution < -0.4 is 0 Å². The normalized spacial score (nSPS) is 12.4. The Hall–Kier alpha value is -1.30. The Morgan fingerprint density at radius 2 is 1.14 bits per heavy atom. The van der Waals surface area contributed by atoms with E-state index in [0.29, 0.717) is 0 Å². The first kappa shape index (κ1) is 20.7. The van der Waals surface area contributed by atoms with Gasteiger partial charge in [0.05, 0.1) is 0 Å². The van der Waals surface area contributed by atoms with E-state index in [2.05, 4.69) is 62.1 Å². The van der Waals surface area contributed by atoms with Crippen molar-refractivity contribution >= 4 is 0 Å². The molecular formula is C22H36. The maximum atomic E-state index is 3.74. The summed E-state index contributed by atoms with van der Waals surface area (Å²) < 4.78 is 0. The molecule has 0 aliphatic rings. The monoisotopic (exact) mass is 300 g/mol. The summed E-state index contributed by atoms with van der Waals surface area (Å²) in [6.07, 6.45) is 33.5. The first-order valence-electron chi connectivity index (χ1n) is 9.14. The van der Waals surface area contributed by atoms with Gasteiger partial charge in [0.15, 0.2) is 0 Å². The molecule has 0 atom stereocenters. The molecule has 0 aromatic heterocycles. The molecule has 0 N–H and O–H groups in total. The second kappa shape index (κ2) is 19.7. The smallest absolute Gasteiger partial charge is 0.0169 e. The highest BCUT2D eigenvalue weighted by molar-refractivity contribution is 5.02. The summed E-state index contributed by atoms with van der Waals surface area (Å²) >= 11 is 0. The van der Waals surface area contributed by atoms with Crippen molar-refractivity contribution in [1.29, 1.82) is 0 Å². The Balaban J connectivity index is 3.33. The Labute approximate surface area is 139 Å². The molecule has 0 aliphatic heterocycles.